The molecule has 0 saturated heterocycles. The molecule has 106 valence electrons. The van der Waals surface area contributed by atoms with Gasteiger partial charge < -0.3 is 9.47 Å². The van der Waals surface area contributed by atoms with Crippen molar-refractivity contribution in [2.24, 2.45) is 0 Å². The lowest BCUT2D eigenvalue weighted by atomic mass is 10.1. The van der Waals surface area contributed by atoms with E-state index in [2.05, 4.69) is 15.1 Å². The molecule has 0 saturated carbocycles. The number of ether oxygens (including phenoxy) is 2. The van der Waals surface area contributed by atoms with Crippen molar-refractivity contribution in [1.29, 1.82) is 0 Å². The van der Waals surface area contributed by atoms with E-state index < -0.39 is 0 Å². The molecule has 0 fully saturated rings. The van der Waals surface area contributed by atoms with Crippen LogP contribution in [-0.4, -0.2) is 32.8 Å². The third-order valence-electron chi connectivity index (χ3n) is 3.16. The molecule has 3 aromatic rings. The molecule has 0 unspecified atom stereocenters. The van der Waals surface area contributed by atoms with Crippen LogP contribution in [0.25, 0.3) is 16.9 Å². The summed E-state index contributed by atoms with van der Waals surface area (Å²) in [4.78, 5) is 8.17. The Morgan fingerprint density at radius 3 is 2.90 bits per heavy atom. The van der Waals surface area contributed by atoms with Crippen molar-refractivity contribution in [2.75, 3.05) is 13.2 Å². The topological polar surface area (TPSA) is 61.5 Å². The Kier molecular flexibility index (Phi) is 2.87. The largest absolute Gasteiger partial charge is 0.486 e. The molecule has 1 aromatic carbocycles. The van der Waals surface area contributed by atoms with E-state index in [0.29, 0.717) is 46.8 Å². The number of para-hydroxylation sites is 1. The van der Waals surface area contributed by atoms with E-state index >= 15 is 0 Å². The van der Waals surface area contributed by atoms with Crippen molar-refractivity contribution >= 4 is 29.0 Å². The Bertz CT molecular complexity index is 850. The average molecular weight is 323 g/mol. The summed E-state index contributed by atoms with van der Waals surface area (Å²) < 4.78 is 12.7. The van der Waals surface area contributed by atoms with Crippen molar-refractivity contribution in [2.45, 2.75) is 0 Å². The summed E-state index contributed by atoms with van der Waals surface area (Å²) in [5.41, 5.74) is 1.26. The molecule has 1 aliphatic heterocycles. The molecule has 0 atom stereocenters. The highest BCUT2D eigenvalue weighted by Crippen LogP contribution is 2.44. The van der Waals surface area contributed by atoms with Crippen LogP contribution in [0.1, 0.15) is 0 Å². The maximum atomic E-state index is 6.40. The van der Waals surface area contributed by atoms with Gasteiger partial charge in [-0.1, -0.05) is 35.3 Å². The van der Waals surface area contributed by atoms with E-state index in [-0.39, 0.29) is 5.15 Å². The Morgan fingerprint density at radius 1 is 1.14 bits per heavy atom. The normalized spacial score (nSPS) is 13.6. The van der Waals surface area contributed by atoms with Crippen molar-refractivity contribution in [3.05, 3.63) is 34.8 Å². The molecule has 0 N–H and O–H groups in total. The monoisotopic (exact) mass is 322 g/mol. The zero-order valence-corrected chi connectivity index (χ0v) is 12.1. The third-order valence-corrected chi connectivity index (χ3v) is 3.78. The Hall–Kier alpha value is -2.05. The van der Waals surface area contributed by atoms with Gasteiger partial charge >= 0.3 is 0 Å². The van der Waals surface area contributed by atoms with Gasteiger partial charge in [0.1, 0.15) is 29.8 Å². The molecule has 8 heteroatoms. The number of aromatic nitrogens is 4. The summed E-state index contributed by atoms with van der Waals surface area (Å²) >= 11 is 12.7. The SMILES string of the molecule is Clc1nc2ncnn2c(Cl)c1-c1cccc2c1OCCO2. The first-order valence-electron chi connectivity index (χ1n) is 6.19. The van der Waals surface area contributed by atoms with E-state index in [4.69, 9.17) is 32.7 Å². The van der Waals surface area contributed by atoms with Crippen molar-refractivity contribution in [1.82, 2.24) is 19.6 Å². The van der Waals surface area contributed by atoms with Gasteiger partial charge in [0.05, 0.1) is 5.56 Å². The highest BCUT2D eigenvalue weighted by molar-refractivity contribution is 6.38. The van der Waals surface area contributed by atoms with E-state index in [1.54, 1.807) is 0 Å². The Balaban J connectivity index is 2.03. The standard InChI is InChI=1S/C13H8Cl2N4O2/c14-11-9(12(15)19-13(18-11)16-6-17-19)7-2-1-3-8-10(7)21-5-4-20-8/h1-3,6H,4-5H2. The molecule has 4 rings (SSSR count). The summed E-state index contributed by atoms with van der Waals surface area (Å²) in [7, 11) is 0. The second kappa shape index (κ2) is 4.75. The van der Waals surface area contributed by atoms with Crippen LogP contribution < -0.4 is 9.47 Å². The molecule has 0 aliphatic carbocycles. The lowest BCUT2D eigenvalue weighted by Gasteiger charge is -2.21. The fraction of sp³-hybridized carbons (Fsp3) is 0.154. The Labute approximate surface area is 129 Å². The van der Waals surface area contributed by atoms with Gasteiger partial charge in [0.15, 0.2) is 11.5 Å². The molecule has 1 aliphatic rings. The minimum atomic E-state index is 0.239. The summed E-state index contributed by atoms with van der Waals surface area (Å²) in [6, 6.07) is 5.54. The minimum absolute atomic E-state index is 0.239. The smallest absolute Gasteiger partial charge is 0.255 e. The third kappa shape index (κ3) is 1.91. The first-order chi connectivity index (χ1) is 10.3. The van der Waals surface area contributed by atoms with Crippen LogP contribution in [0.5, 0.6) is 11.5 Å². The van der Waals surface area contributed by atoms with Crippen LogP contribution in [0.15, 0.2) is 24.5 Å². The number of fused-ring (bicyclic) bond motifs is 2. The first-order valence-corrected chi connectivity index (χ1v) is 6.95. The predicted molar refractivity (Wildman–Crippen MR) is 77.2 cm³/mol. The molecule has 0 radical (unpaired) electrons. The molecule has 3 heterocycles. The highest BCUT2D eigenvalue weighted by Gasteiger charge is 2.23. The Morgan fingerprint density at radius 2 is 2.00 bits per heavy atom. The lowest BCUT2D eigenvalue weighted by Crippen LogP contribution is -2.16. The number of benzene rings is 1. The van der Waals surface area contributed by atoms with Gasteiger partial charge in [0, 0.05) is 5.56 Å². The maximum Gasteiger partial charge on any atom is 0.255 e. The summed E-state index contributed by atoms with van der Waals surface area (Å²) in [5.74, 6) is 1.61. The number of nitrogens with zero attached hydrogens (tertiary/aromatic N) is 4. The quantitative estimate of drug-likeness (QED) is 0.645. The summed E-state index contributed by atoms with van der Waals surface area (Å²) in [6.07, 6.45) is 1.37. The van der Waals surface area contributed by atoms with Crippen LogP contribution >= 0.6 is 23.2 Å². The van der Waals surface area contributed by atoms with E-state index in [9.17, 15) is 0 Å². The molecular weight excluding hydrogens is 315 g/mol. The van der Waals surface area contributed by atoms with Crippen molar-refractivity contribution < 1.29 is 9.47 Å². The molecule has 0 spiro atoms. The van der Waals surface area contributed by atoms with Crippen LogP contribution in [-0.2, 0) is 0 Å². The van der Waals surface area contributed by atoms with Crippen molar-refractivity contribution in [3.63, 3.8) is 0 Å². The molecular formula is C13H8Cl2N4O2. The fourth-order valence-corrected chi connectivity index (χ4v) is 2.90. The van der Waals surface area contributed by atoms with Crippen LogP contribution in [0.2, 0.25) is 10.3 Å². The van der Waals surface area contributed by atoms with Crippen LogP contribution in [0, 0.1) is 0 Å². The van der Waals surface area contributed by atoms with Gasteiger partial charge in [-0.15, -0.1) is 0 Å². The first kappa shape index (κ1) is 12.7. The molecule has 0 amide bonds. The average Bonchev–Trinajstić information content (AvgIpc) is 2.96. The summed E-state index contributed by atoms with van der Waals surface area (Å²) in [5, 5.41) is 4.60. The fourth-order valence-electron chi connectivity index (χ4n) is 2.28. The minimum Gasteiger partial charge on any atom is -0.486 e. The van der Waals surface area contributed by atoms with Gasteiger partial charge in [-0.05, 0) is 6.07 Å². The number of rotatable bonds is 1. The number of halogens is 2. The zero-order chi connectivity index (χ0) is 14.4. The van der Waals surface area contributed by atoms with Gasteiger partial charge in [-0.3, -0.25) is 0 Å². The maximum absolute atomic E-state index is 6.40. The van der Waals surface area contributed by atoms with E-state index in [0.717, 1.165) is 0 Å². The van der Waals surface area contributed by atoms with E-state index in [1.807, 2.05) is 18.2 Å². The van der Waals surface area contributed by atoms with Gasteiger partial charge in [-0.25, -0.2) is 0 Å². The molecule has 0 bridgehead atoms. The van der Waals surface area contributed by atoms with Gasteiger partial charge in [0.2, 0.25) is 0 Å². The van der Waals surface area contributed by atoms with Crippen molar-refractivity contribution in [3.8, 4) is 22.6 Å². The summed E-state index contributed by atoms with van der Waals surface area (Å²) in [6.45, 7) is 0.983. The second-order valence-corrected chi connectivity index (χ2v) is 5.09. The van der Waals surface area contributed by atoms with Gasteiger partial charge in [-0.2, -0.15) is 19.6 Å². The molecule has 2 aromatic heterocycles. The number of hydrogen-bond acceptors (Lipinski definition) is 5. The highest BCUT2D eigenvalue weighted by atomic mass is 35.5. The lowest BCUT2D eigenvalue weighted by molar-refractivity contribution is 0.172. The molecule has 6 nitrogen and oxygen atoms in total. The van der Waals surface area contributed by atoms with Crippen LogP contribution in [0.3, 0.4) is 0 Å². The number of hydrogen-bond donors (Lipinski definition) is 0. The second-order valence-electron chi connectivity index (χ2n) is 4.37. The predicted octanol–water partition coefficient (Wildman–Crippen LogP) is 2.87. The van der Waals surface area contributed by atoms with E-state index in [1.165, 1.54) is 10.8 Å². The molecule has 21 heavy (non-hydrogen) atoms. The van der Waals surface area contributed by atoms with Gasteiger partial charge in [0.25, 0.3) is 5.78 Å². The zero-order valence-electron chi connectivity index (χ0n) is 10.6. The van der Waals surface area contributed by atoms with Crippen LogP contribution in [0.4, 0.5) is 0 Å².